The summed E-state index contributed by atoms with van der Waals surface area (Å²) in [6.45, 7) is 0. The smallest absolute Gasteiger partial charge is 0.354 e. The topological polar surface area (TPSA) is 92.2 Å². The maximum absolute atomic E-state index is 12.1. The summed E-state index contributed by atoms with van der Waals surface area (Å²) in [7, 11) is 0. The Morgan fingerprint density at radius 2 is 1.90 bits per heavy atom. The number of carbonyl (C=O) groups excluding carboxylic acids is 1. The highest BCUT2D eigenvalue weighted by atomic mass is 16.4. The van der Waals surface area contributed by atoms with E-state index in [9.17, 15) is 9.59 Å². The highest BCUT2D eigenvalue weighted by Crippen LogP contribution is 2.56. The second-order valence-corrected chi connectivity index (χ2v) is 5.75. The van der Waals surface area contributed by atoms with Gasteiger partial charge in [0.15, 0.2) is 5.69 Å². The molecule has 6 heteroatoms. The third kappa shape index (κ3) is 2.37. The molecule has 0 saturated heterocycles. The number of hydrogen-bond acceptors (Lipinski definition) is 4. The van der Waals surface area contributed by atoms with Gasteiger partial charge in [-0.25, -0.2) is 14.8 Å². The molecule has 2 aliphatic carbocycles. The van der Waals surface area contributed by atoms with Crippen molar-refractivity contribution in [3.63, 3.8) is 0 Å². The zero-order valence-corrected chi connectivity index (χ0v) is 11.1. The van der Waals surface area contributed by atoms with Gasteiger partial charge in [-0.15, -0.1) is 0 Å². The molecule has 3 rings (SSSR count). The Hall–Kier alpha value is -1.98. The number of carbonyl (C=O) groups is 2. The number of amides is 1. The van der Waals surface area contributed by atoms with E-state index in [1.807, 2.05) is 0 Å². The van der Waals surface area contributed by atoms with Crippen molar-refractivity contribution in [2.75, 3.05) is 0 Å². The molecule has 0 aliphatic heterocycles. The molecule has 1 spiro atoms. The van der Waals surface area contributed by atoms with E-state index < -0.39 is 5.97 Å². The predicted octanol–water partition coefficient (Wildman–Crippen LogP) is 1.63. The summed E-state index contributed by atoms with van der Waals surface area (Å²) in [4.78, 5) is 30.4. The van der Waals surface area contributed by atoms with E-state index in [2.05, 4.69) is 15.3 Å². The minimum absolute atomic E-state index is 0.121. The van der Waals surface area contributed by atoms with Gasteiger partial charge >= 0.3 is 5.97 Å². The van der Waals surface area contributed by atoms with Crippen molar-refractivity contribution in [1.29, 1.82) is 0 Å². The summed E-state index contributed by atoms with van der Waals surface area (Å²) in [5.41, 5.74) is 0.264. The Morgan fingerprint density at radius 1 is 1.20 bits per heavy atom. The Labute approximate surface area is 116 Å². The maximum Gasteiger partial charge on any atom is 0.354 e. The monoisotopic (exact) mass is 275 g/mol. The van der Waals surface area contributed by atoms with Gasteiger partial charge in [-0.3, -0.25) is 4.79 Å². The van der Waals surface area contributed by atoms with Gasteiger partial charge in [0.05, 0.1) is 0 Å². The molecule has 1 amide bonds. The average molecular weight is 275 g/mol. The van der Waals surface area contributed by atoms with E-state index in [-0.39, 0.29) is 23.3 Å². The third-order valence-electron chi connectivity index (χ3n) is 4.46. The summed E-state index contributed by atoms with van der Waals surface area (Å²) < 4.78 is 0. The molecule has 0 bridgehead atoms. The van der Waals surface area contributed by atoms with Crippen LogP contribution in [0.1, 0.15) is 59.5 Å². The molecule has 20 heavy (non-hydrogen) atoms. The summed E-state index contributed by atoms with van der Waals surface area (Å²) in [6.07, 6.45) is 8.28. The van der Waals surface area contributed by atoms with Crippen LogP contribution < -0.4 is 5.32 Å². The molecule has 0 aromatic carbocycles. The number of carboxylic acids is 1. The van der Waals surface area contributed by atoms with E-state index in [0.29, 0.717) is 5.41 Å². The lowest BCUT2D eigenvalue weighted by molar-refractivity contribution is 0.0690. The van der Waals surface area contributed by atoms with Crippen molar-refractivity contribution in [1.82, 2.24) is 15.3 Å². The van der Waals surface area contributed by atoms with Crippen LogP contribution >= 0.6 is 0 Å². The van der Waals surface area contributed by atoms with Crippen molar-refractivity contribution >= 4 is 11.9 Å². The van der Waals surface area contributed by atoms with Crippen molar-refractivity contribution in [2.24, 2.45) is 5.41 Å². The van der Waals surface area contributed by atoms with Crippen LogP contribution in [0.3, 0.4) is 0 Å². The van der Waals surface area contributed by atoms with Crippen LogP contribution in [0.25, 0.3) is 0 Å². The fraction of sp³-hybridized carbons (Fsp3) is 0.571. The third-order valence-corrected chi connectivity index (χ3v) is 4.46. The number of nitrogens with zero attached hydrogens (tertiary/aromatic N) is 2. The van der Waals surface area contributed by atoms with Crippen LogP contribution in [-0.4, -0.2) is 33.0 Å². The maximum atomic E-state index is 12.1. The van der Waals surface area contributed by atoms with Crippen LogP contribution in [-0.2, 0) is 0 Å². The van der Waals surface area contributed by atoms with Gasteiger partial charge in [-0.1, -0.05) is 19.3 Å². The van der Waals surface area contributed by atoms with E-state index in [0.717, 1.165) is 12.7 Å². The number of rotatable bonds is 3. The molecule has 1 aromatic rings. The van der Waals surface area contributed by atoms with E-state index in [4.69, 9.17) is 5.11 Å². The molecule has 2 N–H and O–H groups in total. The second kappa shape index (κ2) is 4.85. The molecule has 1 atom stereocenters. The highest BCUT2D eigenvalue weighted by molar-refractivity contribution is 5.95. The van der Waals surface area contributed by atoms with Gasteiger partial charge in [0.2, 0.25) is 0 Å². The van der Waals surface area contributed by atoms with Gasteiger partial charge in [0.1, 0.15) is 12.0 Å². The molecule has 6 nitrogen and oxygen atoms in total. The molecule has 2 saturated carbocycles. The van der Waals surface area contributed by atoms with Gasteiger partial charge < -0.3 is 10.4 Å². The molecular formula is C14H17N3O3. The van der Waals surface area contributed by atoms with Gasteiger partial charge in [0.25, 0.3) is 5.91 Å². The molecular weight excluding hydrogens is 258 g/mol. The van der Waals surface area contributed by atoms with Crippen LogP contribution in [0.2, 0.25) is 0 Å². The number of hydrogen-bond donors (Lipinski definition) is 2. The fourth-order valence-corrected chi connectivity index (χ4v) is 3.19. The number of aromatic nitrogens is 2. The quantitative estimate of drug-likeness (QED) is 0.874. The Morgan fingerprint density at radius 3 is 2.60 bits per heavy atom. The zero-order valence-electron chi connectivity index (χ0n) is 11.1. The average Bonchev–Trinajstić information content (AvgIpc) is 3.11. The van der Waals surface area contributed by atoms with Gasteiger partial charge in [-0.05, 0) is 24.7 Å². The van der Waals surface area contributed by atoms with Crippen molar-refractivity contribution in [3.05, 3.63) is 23.8 Å². The summed E-state index contributed by atoms with van der Waals surface area (Å²) in [5, 5.41) is 11.8. The SMILES string of the molecule is O=C(O)c1cc(C(=O)NC2CC23CCCCC3)ncn1. The second-order valence-electron chi connectivity index (χ2n) is 5.75. The lowest BCUT2D eigenvalue weighted by Gasteiger charge is -2.22. The zero-order chi connectivity index (χ0) is 14.2. The molecule has 2 fully saturated rings. The van der Waals surface area contributed by atoms with Crippen molar-refractivity contribution in [3.8, 4) is 0 Å². The van der Waals surface area contributed by atoms with Gasteiger partial charge in [-0.2, -0.15) is 0 Å². The minimum Gasteiger partial charge on any atom is -0.477 e. The first-order chi connectivity index (χ1) is 9.61. The van der Waals surface area contributed by atoms with Gasteiger partial charge in [0, 0.05) is 12.1 Å². The highest BCUT2D eigenvalue weighted by Gasteiger charge is 2.54. The largest absolute Gasteiger partial charge is 0.477 e. The Bertz CT molecular complexity index is 552. The lowest BCUT2D eigenvalue weighted by atomic mass is 9.86. The fourth-order valence-electron chi connectivity index (χ4n) is 3.19. The summed E-state index contributed by atoms with van der Waals surface area (Å²) >= 11 is 0. The van der Waals surface area contributed by atoms with Crippen molar-refractivity contribution < 1.29 is 14.7 Å². The van der Waals surface area contributed by atoms with Crippen molar-refractivity contribution in [2.45, 2.75) is 44.6 Å². The summed E-state index contributed by atoms with van der Waals surface area (Å²) in [6, 6.07) is 1.44. The lowest BCUT2D eigenvalue weighted by Crippen LogP contribution is -2.31. The number of carboxylic acid groups (broad SMARTS) is 1. The molecule has 0 radical (unpaired) electrons. The first-order valence-electron chi connectivity index (χ1n) is 6.97. The van der Waals surface area contributed by atoms with Crippen LogP contribution in [0, 0.1) is 5.41 Å². The Kier molecular flexibility index (Phi) is 3.16. The predicted molar refractivity (Wildman–Crippen MR) is 70.4 cm³/mol. The van der Waals surface area contributed by atoms with Crippen LogP contribution in [0.4, 0.5) is 0 Å². The molecule has 1 heterocycles. The number of nitrogens with one attached hydrogen (secondary N) is 1. The standard InChI is InChI=1S/C14H17N3O3/c18-12(9-6-10(13(19)20)16-8-15-9)17-11-7-14(11)4-2-1-3-5-14/h6,8,11H,1-5,7H2,(H,17,18)(H,19,20). The first-order valence-corrected chi connectivity index (χ1v) is 6.97. The molecule has 1 aromatic heterocycles. The van der Waals surface area contributed by atoms with E-state index in [1.54, 1.807) is 0 Å². The summed E-state index contributed by atoms with van der Waals surface area (Å²) in [5.74, 6) is -1.46. The molecule has 2 aliphatic rings. The Balaban J connectivity index is 1.65. The number of aromatic carboxylic acids is 1. The van der Waals surface area contributed by atoms with E-state index >= 15 is 0 Å². The normalized spacial score (nSPS) is 23.3. The molecule has 106 valence electrons. The minimum atomic E-state index is -1.16. The molecule has 1 unspecified atom stereocenters. The first kappa shape index (κ1) is 13.0. The van der Waals surface area contributed by atoms with Crippen LogP contribution in [0.5, 0.6) is 0 Å². The van der Waals surface area contributed by atoms with Crippen LogP contribution in [0.15, 0.2) is 12.4 Å². The van der Waals surface area contributed by atoms with E-state index in [1.165, 1.54) is 38.2 Å².